The first-order valence-electron chi connectivity index (χ1n) is 9.32. The molecule has 0 aromatic heterocycles. The van der Waals surface area contributed by atoms with E-state index < -0.39 is 29.7 Å². The van der Waals surface area contributed by atoms with Gasteiger partial charge in [0.25, 0.3) is 0 Å². The number of ether oxygens (including phenoxy) is 2. The highest BCUT2D eigenvalue weighted by molar-refractivity contribution is 5.87. The zero-order chi connectivity index (χ0) is 23.1. The molecule has 0 spiro atoms. The highest BCUT2D eigenvalue weighted by Gasteiger charge is 2.35. The maximum Gasteiger partial charge on any atom is 0.408 e. The van der Waals surface area contributed by atoms with Gasteiger partial charge in [0.05, 0.1) is 12.1 Å². The predicted molar refractivity (Wildman–Crippen MR) is 115 cm³/mol. The highest BCUT2D eigenvalue weighted by atomic mass is 16.6. The number of rotatable bonds is 10. The fraction of sp³-hybridized carbons (Fsp3) is 0.348. The van der Waals surface area contributed by atoms with Gasteiger partial charge in [-0.15, -0.1) is 0 Å². The summed E-state index contributed by atoms with van der Waals surface area (Å²) in [5.41, 5.74) is 1.79. The van der Waals surface area contributed by atoms with E-state index in [9.17, 15) is 19.5 Å². The average molecular weight is 415 g/mol. The summed E-state index contributed by atoms with van der Waals surface area (Å²) in [6.07, 6.45) is -1.28. The number of carboxylic acid groups (broad SMARTS) is 1. The van der Waals surface area contributed by atoms with Crippen LogP contribution in [-0.4, -0.2) is 47.3 Å². The van der Waals surface area contributed by atoms with Gasteiger partial charge >= 0.3 is 18.0 Å². The van der Waals surface area contributed by atoms with Crippen LogP contribution >= 0.6 is 0 Å². The highest BCUT2D eigenvalue weighted by Crippen LogP contribution is 2.29. The zero-order valence-electron chi connectivity index (χ0n) is 17.9. The monoisotopic (exact) mass is 415 g/mol. The quantitative estimate of drug-likeness (QED) is 0.456. The van der Waals surface area contributed by atoms with Gasteiger partial charge in [-0.2, -0.15) is 0 Å². The molecule has 0 bridgehead atoms. The van der Waals surface area contributed by atoms with Crippen molar-refractivity contribution in [1.29, 1.82) is 0 Å². The summed E-state index contributed by atoms with van der Waals surface area (Å²) in [6, 6.07) is 7.38. The van der Waals surface area contributed by atoms with E-state index in [4.69, 9.17) is 9.47 Å². The van der Waals surface area contributed by atoms with Gasteiger partial charge in [0.2, 0.25) is 0 Å². The van der Waals surface area contributed by atoms with Gasteiger partial charge in [-0.3, -0.25) is 4.90 Å². The second-order valence-corrected chi connectivity index (χ2v) is 7.45. The Labute approximate surface area is 177 Å². The molecule has 0 fully saturated rings. The van der Waals surface area contributed by atoms with Crippen LogP contribution in [0.15, 0.2) is 55.7 Å². The summed E-state index contributed by atoms with van der Waals surface area (Å²) in [5.74, 6) is -1.41. The predicted octanol–water partition coefficient (Wildman–Crippen LogP) is 4.15. The number of amides is 1. The number of allylic oxidation sites excluding steroid dienone is 1. The lowest BCUT2D eigenvalue weighted by atomic mass is 9.90. The van der Waals surface area contributed by atoms with Crippen molar-refractivity contribution >= 4 is 23.6 Å². The lowest BCUT2D eigenvalue weighted by Gasteiger charge is -2.38. The van der Waals surface area contributed by atoms with Crippen molar-refractivity contribution in [2.24, 2.45) is 0 Å². The smallest absolute Gasteiger partial charge is 0.408 e. The molecular weight excluding hydrogens is 386 g/mol. The van der Waals surface area contributed by atoms with E-state index in [1.165, 1.54) is 6.92 Å². The Balaban J connectivity index is 3.15. The molecule has 30 heavy (non-hydrogen) atoms. The van der Waals surface area contributed by atoms with Crippen LogP contribution in [0.1, 0.15) is 38.8 Å². The second-order valence-electron chi connectivity index (χ2n) is 7.45. The maximum absolute atomic E-state index is 12.1. The normalized spacial score (nSPS) is 11.7. The molecule has 0 heterocycles. The van der Waals surface area contributed by atoms with E-state index >= 15 is 0 Å². The molecule has 1 atom stereocenters. The lowest BCUT2D eigenvalue weighted by Crippen LogP contribution is -2.50. The Bertz CT molecular complexity index is 838. The van der Waals surface area contributed by atoms with Crippen LogP contribution in [0.5, 0.6) is 0 Å². The molecule has 0 radical (unpaired) electrons. The van der Waals surface area contributed by atoms with Crippen molar-refractivity contribution in [3.05, 3.63) is 66.8 Å². The largest absolute Gasteiger partial charge is 0.465 e. The molecule has 0 aliphatic rings. The molecule has 0 aliphatic heterocycles. The molecule has 0 saturated heterocycles. The van der Waals surface area contributed by atoms with Crippen LogP contribution in [0.3, 0.4) is 0 Å². The van der Waals surface area contributed by atoms with Gasteiger partial charge in [-0.25, -0.2) is 14.4 Å². The van der Waals surface area contributed by atoms with Crippen LogP contribution in [-0.2, 0) is 24.6 Å². The Morgan fingerprint density at radius 1 is 1.17 bits per heavy atom. The van der Waals surface area contributed by atoms with E-state index in [2.05, 4.69) is 19.7 Å². The van der Waals surface area contributed by atoms with E-state index in [0.29, 0.717) is 0 Å². The number of nitrogens with zero attached hydrogens (tertiary/aromatic N) is 1. The Morgan fingerprint density at radius 3 is 2.17 bits per heavy atom. The van der Waals surface area contributed by atoms with Crippen molar-refractivity contribution < 1.29 is 29.0 Å². The van der Waals surface area contributed by atoms with Gasteiger partial charge in [0, 0.05) is 11.6 Å². The third-order valence-corrected chi connectivity index (χ3v) is 4.57. The summed E-state index contributed by atoms with van der Waals surface area (Å²) in [6.45, 7) is 17.0. The van der Waals surface area contributed by atoms with E-state index in [1.807, 2.05) is 31.2 Å². The molecule has 1 aromatic rings. The molecule has 1 unspecified atom stereocenters. The first kappa shape index (κ1) is 24.7. The van der Waals surface area contributed by atoms with E-state index in [0.717, 1.165) is 27.7 Å². The Hall–Kier alpha value is -3.35. The molecule has 0 aliphatic carbocycles. The summed E-state index contributed by atoms with van der Waals surface area (Å²) < 4.78 is 10.3. The fourth-order valence-electron chi connectivity index (χ4n) is 2.70. The first-order chi connectivity index (χ1) is 13.9. The van der Waals surface area contributed by atoms with Crippen molar-refractivity contribution in [1.82, 2.24) is 4.90 Å². The number of carbonyl (C=O) groups is 3. The van der Waals surface area contributed by atoms with Gasteiger partial charge in [0.15, 0.2) is 6.10 Å². The Morgan fingerprint density at radius 2 is 1.73 bits per heavy atom. The van der Waals surface area contributed by atoms with Gasteiger partial charge < -0.3 is 14.6 Å². The number of hydrogen-bond donors (Lipinski definition) is 1. The summed E-state index contributed by atoms with van der Waals surface area (Å²) in [7, 11) is 0. The summed E-state index contributed by atoms with van der Waals surface area (Å²) in [5, 5.41) is 9.85. The van der Waals surface area contributed by atoms with Gasteiger partial charge in [0.1, 0.15) is 6.61 Å². The zero-order valence-corrected chi connectivity index (χ0v) is 17.9. The van der Waals surface area contributed by atoms with E-state index in [1.54, 1.807) is 13.8 Å². The molecule has 1 amide bonds. The molecular formula is C23H29NO6. The minimum atomic E-state index is -1.21. The van der Waals surface area contributed by atoms with Crippen LogP contribution in [0.4, 0.5) is 4.79 Å². The lowest BCUT2D eigenvalue weighted by molar-refractivity contribution is -0.154. The number of carbonyl (C=O) groups excluding carboxylic acids is 2. The molecule has 7 heteroatoms. The standard InChI is InChI=1S/C23H29NO6/c1-8-20(25)30-19(14-29-21(26)16(4)5)13-24(22(27)28)23(6,7)18-11-9-17(10-12-18)15(2)3/h8-12,19H,1-2,4,13-14H2,3,5-7H3,(H,27,28). The van der Waals surface area contributed by atoms with Crippen LogP contribution < -0.4 is 0 Å². The maximum atomic E-state index is 12.1. The first-order valence-corrected chi connectivity index (χ1v) is 9.32. The molecule has 1 rings (SSSR count). The fourth-order valence-corrected chi connectivity index (χ4v) is 2.70. The molecule has 1 aromatic carbocycles. The summed E-state index contributed by atoms with van der Waals surface area (Å²) in [4.78, 5) is 36.6. The number of esters is 2. The third kappa shape index (κ3) is 6.62. The molecule has 1 N–H and O–H groups in total. The molecule has 162 valence electrons. The average Bonchev–Trinajstić information content (AvgIpc) is 2.68. The number of hydrogen-bond acceptors (Lipinski definition) is 5. The van der Waals surface area contributed by atoms with Crippen LogP contribution in [0, 0.1) is 0 Å². The van der Waals surface area contributed by atoms with E-state index in [-0.39, 0.29) is 18.7 Å². The van der Waals surface area contributed by atoms with Crippen molar-refractivity contribution in [3.63, 3.8) is 0 Å². The second kappa shape index (κ2) is 10.4. The van der Waals surface area contributed by atoms with Gasteiger partial charge in [-0.05, 0) is 38.8 Å². The third-order valence-electron chi connectivity index (χ3n) is 4.57. The Kier molecular flexibility index (Phi) is 8.59. The SMILES string of the molecule is C=CC(=O)OC(COC(=O)C(=C)C)CN(C(=O)O)C(C)(C)c1ccc(C(=C)C)cc1. The summed E-state index contributed by atoms with van der Waals surface area (Å²) >= 11 is 0. The molecule has 0 saturated carbocycles. The molecule has 7 nitrogen and oxygen atoms in total. The van der Waals surface area contributed by atoms with Crippen molar-refractivity contribution in [2.75, 3.05) is 13.2 Å². The van der Waals surface area contributed by atoms with Gasteiger partial charge in [-0.1, -0.05) is 49.6 Å². The van der Waals surface area contributed by atoms with Crippen molar-refractivity contribution in [3.8, 4) is 0 Å². The van der Waals surface area contributed by atoms with Crippen LogP contribution in [0.2, 0.25) is 0 Å². The minimum Gasteiger partial charge on any atom is -0.465 e. The number of benzene rings is 1. The minimum absolute atomic E-state index is 0.178. The topological polar surface area (TPSA) is 93.1 Å². The van der Waals surface area contributed by atoms with Crippen molar-refractivity contribution in [2.45, 2.75) is 39.3 Å². The van der Waals surface area contributed by atoms with Crippen LogP contribution in [0.25, 0.3) is 5.57 Å².